The maximum absolute atomic E-state index is 13.6. The van der Waals surface area contributed by atoms with Gasteiger partial charge in [0.1, 0.15) is 0 Å². The molecular weight excluding hydrogens is 520 g/mol. The highest BCUT2D eigenvalue weighted by Gasteiger charge is 2.27. The topological polar surface area (TPSA) is 83.1 Å². The number of sulfonamides is 1. The Hall–Kier alpha value is -2.08. The number of halogens is 1. The van der Waals surface area contributed by atoms with Crippen molar-refractivity contribution in [3.8, 4) is 0 Å². The third-order valence-corrected chi connectivity index (χ3v) is 9.21. The van der Waals surface area contributed by atoms with E-state index in [0.29, 0.717) is 35.4 Å². The van der Waals surface area contributed by atoms with Gasteiger partial charge in [-0.1, -0.05) is 22.9 Å². The van der Waals surface area contributed by atoms with Crippen molar-refractivity contribution in [1.29, 1.82) is 0 Å². The fraction of sp³-hybridized carbons (Fsp3) is 0.440. The zero-order chi connectivity index (χ0) is 25.9. The van der Waals surface area contributed by atoms with Crippen LogP contribution in [0.2, 0.25) is 5.02 Å². The lowest BCUT2D eigenvalue weighted by molar-refractivity contribution is 0.0978. The van der Waals surface area contributed by atoms with E-state index in [1.165, 1.54) is 27.8 Å². The average Bonchev–Trinajstić information content (AvgIpc) is 3.50. The van der Waals surface area contributed by atoms with Crippen molar-refractivity contribution in [3.05, 3.63) is 53.1 Å². The molecule has 1 atom stereocenters. The van der Waals surface area contributed by atoms with E-state index >= 15 is 0 Å². The van der Waals surface area contributed by atoms with Gasteiger partial charge < -0.3 is 9.64 Å². The van der Waals surface area contributed by atoms with E-state index in [2.05, 4.69) is 9.88 Å². The second-order valence-electron chi connectivity index (χ2n) is 9.17. The van der Waals surface area contributed by atoms with E-state index in [1.807, 2.05) is 26.2 Å². The summed E-state index contributed by atoms with van der Waals surface area (Å²) in [6, 6.07) is 11.6. The summed E-state index contributed by atoms with van der Waals surface area (Å²) in [4.78, 5) is 22.1. The first-order valence-corrected chi connectivity index (χ1v) is 14.5. The first-order chi connectivity index (χ1) is 17.1. The van der Waals surface area contributed by atoms with Crippen molar-refractivity contribution in [1.82, 2.24) is 14.2 Å². The molecule has 1 aliphatic heterocycles. The average molecular weight is 551 g/mol. The van der Waals surface area contributed by atoms with Crippen molar-refractivity contribution in [2.75, 3.05) is 52.3 Å². The van der Waals surface area contributed by atoms with Gasteiger partial charge in [-0.05, 0) is 82.4 Å². The molecule has 36 heavy (non-hydrogen) atoms. The van der Waals surface area contributed by atoms with Crippen LogP contribution in [0.25, 0.3) is 10.2 Å². The standard InChI is InChI=1S/C25H31ClN4O4S2/c1-28(2)13-5-14-30(25-27-22-12-9-19(26)16-23(22)35-25)24(31)18-7-10-21(11-8-18)36(32,33)29(3)17-20-6-4-15-34-20/h7-12,16,20H,4-6,13-15,17H2,1-3H3. The predicted octanol–water partition coefficient (Wildman–Crippen LogP) is 4.35. The van der Waals surface area contributed by atoms with E-state index in [-0.39, 0.29) is 16.9 Å². The number of nitrogens with zero attached hydrogens (tertiary/aromatic N) is 4. The molecule has 0 aliphatic carbocycles. The first-order valence-electron chi connectivity index (χ1n) is 11.9. The van der Waals surface area contributed by atoms with Crippen molar-refractivity contribution in [2.24, 2.45) is 0 Å². The van der Waals surface area contributed by atoms with Crippen molar-refractivity contribution in [2.45, 2.75) is 30.3 Å². The maximum atomic E-state index is 13.6. The van der Waals surface area contributed by atoms with E-state index in [1.54, 1.807) is 30.1 Å². The van der Waals surface area contributed by atoms with Crippen LogP contribution in [0.1, 0.15) is 29.6 Å². The van der Waals surface area contributed by atoms with E-state index < -0.39 is 10.0 Å². The smallest absolute Gasteiger partial charge is 0.260 e. The number of ether oxygens (including phenoxy) is 1. The largest absolute Gasteiger partial charge is 0.377 e. The van der Waals surface area contributed by atoms with Crippen LogP contribution in [-0.4, -0.2) is 82.0 Å². The number of hydrogen-bond acceptors (Lipinski definition) is 7. The quantitative estimate of drug-likeness (QED) is 0.373. The number of hydrogen-bond donors (Lipinski definition) is 0. The summed E-state index contributed by atoms with van der Waals surface area (Å²) in [5, 5.41) is 1.20. The molecule has 1 saturated heterocycles. The molecule has 4 rings (SSSR count). The molecule has 2 heterocycles. The molecule has 2 aromatic carbocycles. The van der Waals surface area contributed by atoms with Gasteiger partial charge in [0, 0.05) is 37.3 Å². The Labute approximate surface area is 221 Å². The Kier molecular flexibility index (Phi) is 8.64. The highest BCUT2D eigenvalue weighted by Crippen LogP contribution is 2.32. The van der Waals surface area contributed by atoms with Crippen LogP contribution in [0.3, 0.4) is 0 Å². The Morgan fingerprint density at radius 1 is 1.14 bits per heavy atom. The van der Waals surface area contributed by atoms with E-state index in [9.17, 15) is 13.2 Å². The third kappa shape index (κ3) is 6.24. The summed E-state index contributed by atoms with van der Waals surface area (Å²) in [5.74, 6) is -0.226. The Morgan fingerprint density at radius 2 is 1.89 bits per heavy atom. The SMILES string of the molecule is CN(C)CCCN(C(=O)c1ccc(S(=O)(=O)N(C)CC2CCCO2)cc1)c1nc2ccc(Cl)cc2s1. The number of fused-ring (bicyclic) bond motifs is 1. The van der Waals surface area contributed by atoms with Gasteiger partial charge in [0.25, 0.3) is 5.91 Å². The van der Waals surface area contributed by atoms with Gasteiger partial charge in [0.05, 0.1) is 21.2 Å². The summed E-state index contributed by atoms with van der Waals surface area (Å²) in [5.41, 5.74) is 1.18. The van der Waals surface area contributed by atoms with Crippen LogP contribution in [0.15, 0.2) is 47.4 Å². The monoisotopic (exact) mass is 550 g/mol. The number of rotatable bonds is 10. The minimum Gasteiger partial charge on any atom is -0.377 e. The fourth-order valence-electron chi connectivity index (χ4n) is 4.11. The van der Waals surface area contributed by atoms with E-state index in [4.69, 9.17) is 16.3 Å². The molecule has 1 fully saturated rings. The molecule has 0 saturated carbocycles. The van der Waals surface area contributed by atoms with Crippen LogP contribution in [-0.2, 0) is 14.8 Å². The molecule has 194 valence electrons. The number of amides is 1. The molecular formula is C25H31ClN4O4S2. The maximum Gasteiger partial charge on any atom is 0.260 e. The summed E-state index contributed by atoms with van der Waals surface area (Å²) >= 11 is 7.55. The van der Waals surface area contributed by atoms with Crippen LogP contribution in [0.4, 0.5) is 5.13 Å². The molecule has 0 radical (unpaired) electrons. The van der Waals surface area contributed by atoms with Gasteiger partial charge in [0.15, 0.2) is 5.13 Å². The second-order valence-corrected chi connectivity index (χ2v) is 12.7. The number of benzene rings is 2. The van der Waals surface area contributed by atoms with Gasteiger partial charge in [-0.2, -0.15) is 4.31 Å². The molecule has 1 amide bonds. The molecule has 11 heteroatoms. The Morgan fingerprint density at radius 3 is 2.56 bits per heavy atom. The van der Waals surface area contributed by atoms with Gasteiger partial charge in [-0.25, -0.2) is 13.4 Å². The number of aromatic nitrogens is 1. The summed E-state index contributed by atoms with van der Waals surface area (Å²) in [6.07, 6.45) is 2.48. The molecule has 3 aromatic rings. The number of likely N-dealkylation sites (N-methyl/N-ethyl adjacent to an activating group) is 1. The zero-order valence-electron chi connectivity index (χ0n) is 20.7. The third-order valence-electron chi connectivity index (χ3n) is 6.10. The lowest BCUT2D eigenvalue weighted by Crippen LogP contribution is -2.34. The van der Waals surface area contributed by atoms with Gasteiger partial charge in [-0.3, -0.25) is 9.69 Å². The van der Waals surface area contributed by atoms with Crippen molar-refractivity contribution >= 4 is 54.2 Å². The molecule has 0 bridgehead atoms. The van der Waals surface area contributed by atoms with Crippen LogP contribution >= 0.6 is 22.9 Å². The van der Waals surface area contributed by atoms with Crippen molar-refractivity contribution in [3.63, 3.8) is 0 Å². The Bertz CT molecular complexity index is 1310. The Balaban J connectivity index is 1.55. The molecule has 1 aliphatic rings. The zero-order valence-corrected chi connectivity index (χ0v) is 23.1. The normalized spacial score (nSPS) is 16.3. The molecule has 1 aromatic heterocycles. The fourth-order valence-corrected chi connectivity index (χ4v) is 6.58. The minimum atomic E-state index is -3.69. The molecule has 1 unspecified atom stereocenters. The minimum absolute atomic E-state index is 0.0787. The van der Waals surface area contributed by atoms with Crippen LogP contribution < -0.4 is 4.90 Å². The molecule has 0 spiro atoms. The second kappa shape index (κ2) is 11.5. The number of carbonyl (C=O) groups excluding carboxylic acids is 1. The van der Waals surface area contributed by atoms with E-state index in [0.717, 1.165) is 36.0 Å². The lowest BCUT2D eigenvalue weighted by atomic mass is 10.2. The predicted molar refractivity (Wildman–Crippen MR) is 145 cm³/mol. The molecule has 8 nitrogen and oxygen atoms in total. The summed E-state index contributed by atoms with van der Waals surface area (Å²) in [6.45, 7) is 2.27. The van der Waals surface area contributed by atoms with Crippen molar-refractivity contribution < 1.29 is 17.9 Å². The van der Waals surface area contributed by atoms with Gasteiger partial charge in [-0.15, -0.1) is 0 Å². The molecule has 0 N–H and O–H groups in total. The highest BCUT2D eigenvalue weighted by molar-refractivity contribution is 7.89. The first kappa shape index (κ1) is 27.0. The summed E-state index contributed by atoms with van der Waals surface area (Å²) in [7, 11) is 1.85. The highest BCUT2D eigenvalue weighted by atomic mass is 35.5. The van der Waals surface area contributed by atoms with Gasteiger partial charge in [0.2, 0.25) is 10.0 Å². The van der Waals surface area contributed by atoms with Crippen LogP contribution in [0.5, 0.6) is 0 Å². The number of carbonyl (C=O) groups is 1. The number of thiazole rings is 1. The lowest BCUT2D eigenvalue weighted by Gasteiger charge is -2.22. The number of anilines is 1. The van der Waals surface area contributed by atoms with Gasteiger partial charge >= 0.3 is 0 Å². The summed E-state index contributed by atoms with van der Waals surface area (Å²) < 4.78 is 33.9. The van der Waals surface area contributed by atoms with Crippen LogP contribution in [0, 0.1) is 0 Å².